The van der Waals surface area contributed by atoms with Gasteiger partial charge in [0.2, 0.25) is 0 Å². The Kier molecular flexibility index (Phi) is 5.04. The molecule has 2 N–H and O–H groups in total. The van der Waals surface area contributed by atoms with E-state index in [0.717, 1.165) is 5.56 Å². The Hall–Kier alpha value is -1.78. The number of ether oxygens (including phenoxy) is 2. The molecule has 2 aromatic rings. The minimum absolute atomic E-state index is 0.0999. The molecule has 0 saturated heterocycles. The minimum Gasteiger partial charge on any atom is -0.497 e. The number of rotatable bonds is 5. The maximum Gasteiger partial charge on any atom is 0.145 e. The first-order valence-electron chi connectivity index (χ1n) is 6.46. The second-order valence-corrected chi connectivity index (χ2v) is 5.08. The van der Waals surface area contributed by atoms with E-state index >= 15 is 0 Å². The number of hydrogen-bond donors (Lipinski definition) is 1. The molecule has 0 heterocycles. The first kappa shape index (κ1) is 15.6. The van der Waals surface area contributed by atoms with Crippen molar-refractivity contribution in [3.8, 4) is 11.5 Å². The maximum atomic E-state index is 13.9. The summed E-state index contributed by atoms with van der Waals surface area (Å²) >= 11 is 5.78. The number of benzene rings is 2. The summed E-state index contributed by atoms with van der Waals surface area (Å²) in [6, 6.07) is 9.90. The summed E-state index contributed by atoms with van der Waals surface area (Å²) < 4.78 is 24.4. The molecule has 0 saturated carbocycles. The average Bonchev–Trinajstić information content (AvgIpc) is 2.51. The number of halogens is 2. The minimum atomic E-state index is -0.426. The maximum absolute atomic E-state index is 13.9. The zero-order chi connectivity index (χ0) is 15.4. The molecule has 0 aliphatic rings. The molecular weight excluding hydrogens is 293 g/mol. The van der Waals surface area contributed by atoms with Crippen LogP contribution in [0.25, 0.3) is 0 Å². The second-order valence-electron chi connectivity index (χ2n) is 4.67. The SMILES string of the molecule is COc1cc(OC)cc(C(N)Cc2cccc(Cl)c2F)c1. The van der Waals surface area contributed by atoms with Crippen molar-refractivity contribution in [2.24, 2.45) is 5.73 Å². The third-order valence-electron chi connectivity index (χ3n) is 3.27. The summed E-state index contributed by atoms with van der Waals surface area (Å²) in [7, 11) is 3.14. The van der Waals surface area contributed by atoms with Crippen molar-refractivity contribution in [2.75, 3.05) is 14.2 Å². The Bertz CT molecular complexity index is 611. The number of nitrogens with two attached hydrogens (primary N) is 1. The van der Waals surface area contributed by atoms with Crippen molar-refractivity contribution in [3.05, 3.63) is 58.4 Å². The summed E-state index contributed by atoms with van der Waals surface area (Å²) in [5.74, 6) is 0.863. The van der Waals surface area contributed by atoms with Crippen LogP contribution in [-0.2, 0) is 6.42 Å². The van der Waals surface area contributed by atoms with Crippen molar-refractivity contribution < 1.29 is 13.9 Å². The van der Waals surface area contributed by atoms with Gasteiger partial charge in [0.25, 0.3) is 0 Å². The highest BCUT2D eigenvalue weighted by molar-refractivity contribution is 6.30. The van der Waals surface area contributed by atoms with Gasteiger partial charge >= 0.3 is 0 Å². The summed E-state index contributed by atoms with van der Waals surface area (Å²) in [4.78, 5) is 0. The molecule has 3 nitrogen and oxygen atoms in total. The van der Waals surface area contributed by atoms with Crippen LogP contribution in [0.4, 0.5) is 4.39 Å². The lowest BCUT2D eigenvalue weighted by molar-refractivity contribution is 0.392. The van der Waals surface area contributed by atoms with Crippen LogP contribution in [-0.4, -0.2) is 14.2 Å². The van der Waals surface area contributed by atoms with Crippen molar-refractivity contribution in [1.82, 2.24) is 0 Å². The summed E-state index contributed by atoms with van der Waals surface area (Å²) in [5, 5.41) is 0.0999. The van der Waals surface area contributed by atoms with Gasteiger partial charge in [0.15, 0.2) is 0 Å². The van der Waals surface area contributed by atoms with E-state index < -0.39 is 5.82 Å². The molecule has 0 fully saturated rings. The summed E-state index contributed by atoms with van der Waals surface area (Å²) in [6.07, 6.45) is 0.336. The van der Waals surface area contributed by atoms with Gasteiger partial charge in [0, 0.05) is 12.1 Å². The standard InChI is InChI=1S/C16H17ClFNO2/c1-20-12-6-11(7-13(9-12)21-2)15(19)8-10-4-3-5-14(17)16(10)18/h3-7,9,15H,8,19H2,1-2H3. The Morgan fingerprint density at radius 3 is 2.33 bits per heavy atom. The molecule has 0 amide bonds. The van der Waals surface area contributed by atoms with E-state index in [0.29, 0.717) is 23.5 Å². The molecule has 1 atom stereocenters. The van der Waals surface area contributed by atoms with Gasteiger partial charge in [-0.25, -0.2) is 4.39 Å². The first-order valence-corrected chi connectivity index (χ1v) is 6.84. The van der Waals surface area contributed by atoms with E-state index in [2.05, 4.69) is 0 Å². The van der Waals surface area contributed by atoms with E-state index in [1.54, 1.807) is 32.4 Å². The van der Waals surface area contributed by atoms with Crippen molar-refractivity contribution in [2.45, 2.75) is 12.5 Å². The Balaban J connectivity index is 2.27. The van der Waals surface area contributed by atoms with Crippen LogP contribution in [0.5, 0.6) is 11.5 Å². The van der Waals surface area contributed by atoms with Gasteiger partial charge in [0.05, 0.1) is 19.2 Å². The predicted octanol–water partition coefficient (Wildman–Crippen LogP) is 3.74. The Morgan fingerprint density at radius 1 is 1.14 bits per heavy atom. The van der Waals surface area contributed by atoms with Crippen LogP contribution >= 0.6 is 11.6 Å². The van der Waals surface area contributed by atoms with Crippen LogP contribution < -0.4 is 15.2 Å². The summed E-state index contributed by atoms with van der Waals surface area (Å²) in [6.45, 7) is 0. The molecule has 0 aliphatic heterocycles. The fourth-order valence-corrected chi connectivity index (χ4v) is 2.30. The fraction of sp³-hybridized carbons (Fsp3) is 0.250. The van der Waals surface area contributed by atoms with Gasteiger partial charge in [0.1, 0.15) is 17.3 Å². The average molecular weight is 310 g/mol. The Morgan fingerprint density at radius 2 is 1.76 bits per heavy atom. The van der Waals surface area contributed by atoms with Gasteiger partial charge in [-0.05, 0) is 35.7 Å². The molecule has 2 rings (SSSR count). The van der Waals surface area contributed by atoms with Crippen molar-refractivity contribution in [1.29, 1.82) is 0 Å². The summed E-state index contributed by atoms with van der Waals surface area (Å²) in [5.41, 5.74) is 7.47. The molecule has 1 unspecified atom stereocenters. The van der Waals surface area contributed by atoms with Gasteiger partial charge in [-0.1, -0.05) is 23.7 Å². The third-order valence-corrected chi connectivity index (χ3v) is 3.57. The lowest BCUT2D eigenvalue weighted by atomic mass is 9.99. The lowest BCUT2D eigenvalue weighted by Gasteiger charge is -2.15. The molecule has 0 bridgehead atoms. The van der Waals surface area contributed by atoms with E-state index in [1.807, 2.05) is 12.1 Å². The van der Waals surface area contributed by atoms with Gasteiger partial charge in [-0.3, -0.25) is 0 Å². The molecule has 21 heavy (non-hydrogen) atoms. The van der Waals surface area contributed by atoms with E-state index in [4.69, 9.17) is 26.8 Å². The highest BCUT2D eigenvalue weighted by Crippen LogP contribution is 2.28. The molecule has 112 valence electrons. The van der Waals surface area contributed by atoms with E-state index in [-0.39, 0.29) is 11.1 Å². The van der Waals surface area contributed by atoms with Crippen LogP contribution in [0.15, 0.2) is 36.4 Å². The zero-order valence-electron chi connectivity index (χ0n) is 11.9. The second kappa shape index (κ2) is 6.78. The first-order chi connectivity index (χ1) is 10.0. The zero-order valence-corrected chi connectivity index (χ0v) is 12.7. The van der Waals surface area contributed by atoms with E-state index in [9.17, 15) is 4.39 Å². The van der Waals surface area contributed by atoms with Gasteiger partial charge < -0.3 is 15.2 Å². The quantitative estimate of drug-likeness (QED) is 0.915. The number of methoxy groups -OCH3 is 2. The highest BCUT2D eigenvalue weighted by atomic mass is 35.5. The molecular formula is C16H17ClFNO2. The third kappa shape index (κ3) is 3.65. The normalized spacial score (nSPS) is 12.0. The highest BCUT2D eigenvalue weighted by Gasteiger charge is 2.14. The fourth-order valence-electron chi connectivity index (χ4n) is 2.10. The molecule has 2 aromatic carbocycles. The topological polar surface area (TPSA) is 44.5 Å². The molecule has 0 aliphatic carbocycles. The predicted molar refractivity (Wildman–Crippen MR) is 81.6 cm³/mol. The molecule has 0 spiro atoms. The van der Waals surface area contributed by atoms with Crippen molar-refractivity contribution >= 4 is 11.6 Å². The van der Waals surface area contributed by atoms with Crippen LogP contribution in [0.1, 0.15) is 17.2 Å². The van der Waals surface area contributed by atoms with Crippen LogP contribution in [0.3, 0.4) is 0 Å². The van der Waals surface area contributed by atoms with Crippen LogP contribution in [0, 0.1) is 5.82 Å². The largest absolute Gasteiger partial charge is 0.497 e. The monoisotopic (exact) mass is 309 g/mol. The molecule has 5 heteroatoms. The van der Waals surface area contributed by atoms with Gasteiger partial charge in [-0.2, -0.15) is 0 Å². The lowest BCUT2D eigenvalue weighted by Crippen LogP contribution is -2.14. The van der Waals surface area contributed by atoms with Crippen LogP contribution in [0.2, 0.25) is 5.02 Å². The Labute approximate surface area is 128 Å². The van der Waals surface area contributed by atoms with Gasteiger partial charge in [-0.15, -0.1) is 0 Å². The molecule has 0 aromatic heterocycles. The van der Waals surface area contributed by atoms with Crippen molar-refractivity contribution in [3.63, 3.8) is 0 Å². The smallest absolute Gasteiger partial charge is 0.145 e. The molecule has 0 radical (unpaired) electrons. The number of hydrogen-bond acceptors (Lipinski definition) is 3. The van der Waals surface area contributed by atoms with E-state index in [1.165, 1.54) is 6.07 Å².